The first-order valence-corrected chi connectivity index (χ1v) is 9.34. The van der Waals surface area contributed by atoms with Crippen LogP contribution < -0.4 is 5.32 Å². The van der Waals surface area contributed by atoms with E-state index in [4.69, 9.17) is 4.42 Å². The normalized spacial score (nSPS) is 12.1. The van der Waals surface area contributed by atoms with Crippen molar-refractivity contribution in [2.24, 2.45) is 0 Å². The van der Waals surface area contributed by atoms with Gasteiger partial charge in [-0.3, -0.25) is 0 Å². The van der Waals surface area contributed by atoms with Gasteiger partial charge in [0.2, 0.25) is 0 Å². The van der Waals surface area contributed by atoms with E-state index in [1.807, 2.05) is 6.07 Å². The molecule has 0 aliphatic carbocycles. The van der Waals surface area contributed by atoms with Gasteiger partial charge in [0.1, 0.15) is 11.9 Å². The van der Waals surface area contributed by atoms with Gasteiger partial charge in [0.05, 0.1) is 6.20 Å². The lowest BCUT2D eigenvalue weighted by atomic mass is 9.98. The van der Waals surface area contributed by atoms with Crippen molar-refractivity contribution < 1.29 is 14.1 Å². The van der Waals surface area contributed by atoms with Crippen LogP contribution in [0.1, 0.15) is 28.6 Å². The van der Waals surface area contributed by atoms with E-state index in [2.05, 4.69) is 65.8 Å². The highest BCUT2D eigenvalue weighted by Crippen LogP contribution is 2.21. The fourth-order valence-electron chi connectivity index (χ4n) is 3.27. The van der Waals surface area contributed by atoms with Crippen LogP contribution in [0.3, 0.4) is 0 Å². The summed E-state index contributed by atoms with van der Waals surface area (Å²) in [5.41, 5.74) is 4.53. The largest absolute Gasteiger partial charge is 0.435 e. The number of rotatable bonds is 6. The summed E-state index contributed by atoms with van der Waals surface area (Å²) in [4.78, 5) is 4.40. The lowest BCUT2D eigenvalue weighted by Gasteiger charge is -2.16. The third-order valence-electron chi connectivity index (χ3n) is 4.81. The van der Waals surface area contributed by atoms with Crippen LogP contribution in [0.4, 0.5) is 4.39 Å². The maximum absolute atomic E-state index is 13.1. The molecule has 2 N–H and O–H groups in total. The van der Waals surface area contributed by atoms with Crippen LogP contribution in [-0.4, -0.2) is 4.98 Å². The minimum atomic E-state index is -0.263. The molecule has 1 heterocycles. The Hall–Kier alpha value is -3.24. The van der Waals surface area contributed by atoms with E-state index in [0.717, 1.165) is 5.56 Å². The molecule has 1 atom stereocenters. The number of hydrogen-bond donors (Lipinski definition) is 1. The predicted molar refractivity (Wildman–Crippen MR) is 107 cm³/mol. The van der Waals surface area contributed by atoms with Gasteiger partial charge in [0.15, 0.2) is 12.3 Å². The van der Waals surface area contributed by atoms with E-state index in [1.54, 1.807) is 18.3 Å². The highest BCUT2D eigenvalue weighted by molar-refractivity contribution is 5.55. The molecular formula is C24H22FN2O+. The SMILES string of the molecule is Cc1ccc([C@@H]([NH2+]Cc2ncc(-c3ccc(F)cc3)o2)c2ccccc2)cc1. The molecule has 0 spiro atoms. The highest BCUT2D eigenvalue weighted by atomic mass is 19.1. The Morgan fingerprint density at radius 2 is 1.57 bits per heavy atom. The van der Waals surface area contributed by atoms with Gasteiger partial charge in [0, 0.05) is 16.7 Å². The van der Waals surface area contributed by atoms with E-state index < -0.39 is 0 Å². The van der Waals surface area contributed by atoms with Gasteiger partial charge >= 0.3 is 0 Å². The number of nitrogens with zero attached hydrogens (tertiary/aromatic N) is 1. The monoisotopic (exact) mass is 373 g/mol. The summed E-state index contributed by atoms with van der Waals surface area (Å²) in [5, 5.41) is 2.22. The van der Waals surface area contributed by atoms with Crippen molar-refractivity contribution in [1.82, 2.24) is 4.98 Å². The number of halogens is 1. The van der Waals surface area contributed by atoms with Gasteiger partial charge in [-0.15, -0.1) is 0 Å². The molecule has 0 saturated carbocycles. The van der Waals surface area contributed by atoms with Gasteiger partial charge in [0.25, 0.3) is 5.89 Å². The summed E-state index contributed by atoms with van der Waals surface area (Å²) < 4.78 is 19.0. The zero-order valence-electron chi connectivity index (χ0n) is 15.7. The molecule has 0 aliphatic heterocycles. The molecule has 4 rings (SSSR count). The fourth-order valence-corrected chi connectivity index (χ4v) is 3.27. The minimum Gasteiger partial charge on any atom is -0.435 e. The van der Waals surface area contributed by atoms with E-state index in [0.29, 0.717) is 18.2 Å². The zero-order chi connectivity index (χ0) is 19.3. The second-order valence-electron chi connectivity index (χ2n) is 6.86. The number of hydrogen-bond acceptors (Lipinski definition) is 2. The molecule has 0 amide bonds. The molecule has 0 fully saturated rings. The minimum absolute atomic E-state index is 0.156. The average molecular weight is 373 g/mol. The van der Waals surface area contributed by atoms with Crippen molar-refractivity contribution in [3.8, 4) is 11.3 Å². The number of aromatic nitrogens is 1. The molecule has 0 bridgehead atoms. The van der Waals surface area contributed by atoms with Crippen molar-refractivity contribution in [2.45, 2.75) is 19.5 Å². The second kappa shape index (κ2) is 8.19. The lowest BCUT2D eigenvalue weighted by molar-refractivity contribution is -0.704. The Kier molecular flexibility index (Phi) is 5.31. The van der Waals surface area contributed by atoms with Crippen LogP contribution in [0.25, 0.3) is 11.3 Å². The van der Waals surface area contributed by atoms with E-state index in [9.17, 15) is 4.39 Å². The molecule has 0 radical (unpaired) electrons. The van der Waals surface area contributed by atoms with Gasteiger partial charge in [-0.2, -0.15) is 0 Å². The van der Waals surface area contributed by atoms with Crippen molar-refractivity contribution >= 4 is 0 Å². The smallest absolute Gasteiger partial charge is 0.250 e. The number of oxazole rings is 1. The number of nitrogens with two attached hydrogens (primary N) is 1. The number of aryl methyl sites for hydroxylation is 1. The Balaban J connectivity index is 1.53. The molecule has 0 saturated heterocycles. The maximum atomic E-state index is 13.1. The topological polar surface area (TPSA) is 42.6 Å². The summed E-state index contributed by atoms with van der Waals surface area (Å²) in [6.45, 7) is 2.70. The van der Waals surface area contributed by atoms with Gasteiger partial charge in [-0.1, -0.05) is 60.2 Å². The zero-order valence-corrected chi connectivity index (χ0v) is 15.7. The Morgan fingerprint density at radius 3 is 2.29 bits per heavy atom. The Labute approximate surface area is 163 Å². The van der Waals surface area contributed by atoms with Crippen molar-refractivity contribution in [1.29, 1.82) is 0 Å². The first-order valence-electron chi connectivity index (χ1n) is 9.34. The number of benzene rings is 3. The summed E-state index contributed by atoms with van der Waals surface area (Å²) in [6, 6.07) is 25.4. The third kappa shape index (κ3) is 4.18. The van der Waals surface area contributed by atoms with Crippen molar-refractivity contribution in [3.63, 3.8) is 0 Å². The fraction of sp³-hybridized carbons (Fsp3) is 0.125. The van der Waals surface area contributed by atoms with Crippen molar-refractivity contribution in [3.05, 3.63) is 113 Å². The molecule has 0 unspecified atom stereocenters. The molecule has 3 nitrogen and oxygen atoms in total. The molecule has 3 aromatic carbocycles. The molecular weight excluding hydrogens is 351 g/mol. The summed E-state index contributed by atoms with van der Waals surface area (Å²) in [6.07, 6.45) is 1.69. The van der Waals surface area contributed by atoms with Crippen LogP contribution in [0, 0.1) is 12.7 Å². The molecule has 4 heteroatoms. The number of quaternary nitrogens is 1. The van der Waals surface area contributed by atoms with E-state index in [1.165, 1.54) is 28.8 Å². The predicted octanol–water partition coefficient (Wildman–Crippen LogP) is 4.64. The van der Waals surface area contributed by atoms with Crippen LogP contribution >= 0.6 is 0 Å². The first-order chi connectivity index (χ1) is 13.7. The maximum Gasteiger partial charge on any atom is 0.250 e. The Morgan fingerprint density at radius 1 is 0.893 bits per heavy atom. The van der Waals surface area contributed by atoms with Crippen LogP contribution in [-0.2, 0) is 6.54 Å². The summed E-state index contributed by atoms with van der Waals surface area (Å²) in [7, 11) is 0. The summed E-state index contributed by atoms with van der Waals surface area (Å²) >= 11 is 0. The highest BCUT2D eigenvalue weighted by Gasteiger charge is 2.18. The molecule has 140 valence electrons. The van der Waals surface area contributed by atoms with E-state index >= 15 is 0 Å². The third-order valence-corrected chi connectivity index (χ3v) is 4.81. The van der Waals surface area contributed by atoms with Gasteiger partial charge in [-0.25, -0.2) is 9.37 Å². The van der Waals surface area contributed by atoms with Crippen LogP contribution in [0.15, 0.2) is 89.5 Å². The second-order valence-corrected chi connectivity index (χ2v) is 6.86. The molecule has 28 heavy (non-hydrogen) atoms. The van der Waals surface area contributed by atoms with Crippen LogP contribution in [0.5, 0.6) is 0 Å². The van der Waals surface area contributed by atoms with Gasteiger partial charge < -0.3 is 9.73 Å². The summed E-state index contributed by atoms with van der Waals surface area (Å²) in [5.74, 6) is 1.03. The lowest BCUT2D eigenvalue weighted by Crippen LogP contribution is -2.84. The molecule has 4 aromatic rings. The van der Waals surface area contributed by atoms with Gasteiger partial charge in [-0.05, 0) is 31.2 Å². The molecule has 0 aliphatic rings. The Bertz CT molecular complexity index is 1020. The van der Waals surface area contributed by atoms with Crippen molar-refractivity contribution in [2.75, 3.05) is 0 Å². The average Bonchev–Trinajstić information content (AvgIpc) is 3.20. The quantitative estimate of drug-likeness (QED) is 0.535. The molecule has 1 aromatic heterocycles. The van der Waals surface area contributed by atoms with E-state index in [-0.39, 0.29) is 11.9 Å². The first kappa shape index (κ1) is 18.1. The standard InChI is InChI=1S/C24H21FN2O/c1-17-7-9-20(10-8-17)24(19-5-3-2-4-6-19)27-16-23-26-15-22(28-23)18-11-13-21(25)14-12-18/h2-15,24,27H,16H2,1H3/p+1/t24-/m0/s1. The van der Waals surface area contributed by atoms with Crippen LogP contribution in [0.2, 0.25) is 0 Å².